The third-order valence-electron chi connectivity index (χ3n) is 5.62. The number of aliphatic hydroxyl groups excluding tert-OH is 1. The summed E-state index contributed by atoms with van der Waals surface area (Å²) in [5, 5.41) is 17.4. The Morgan fingerprint density at radius 3 is 2.81 bits per heavy atom. The van der Waals surface area contributed by atoms with E-state index < -0.39 is 0 Å². The van der Waals surface area contributed by atoms with Crippen molar-refractivity contribution in [2.75, 3.05) is 25.0 Å². The zero-order chi connectivity index (χ0) is 18.3. The minimum absolute atomic E-state index is 0.000730. The molecular weight excluding hydrogens is 328 g/mol. The van der Waals surface area contributed by atoms with E-state index in [4.69, 9.17) is 0 Å². The Morgan fingerprint density at radius 1 is 1.35 bits per heavy atom. The quantitative estimate of drug-likeness (QED) is 0.889. The van der Waals surface area contributed by atoms with Crippen molar-refractivity contribution in [2.24, 2.45) is 5.92 Å². The Hall–Kier alpha value is -2.34. The number of nitrogens with zero attached hydrogens (tertiary/aromatic N) is 3. The van der Waals surface area contributed by atoms with E-state index in [2.05, 4.69) is 36.4 Å². The number of nitrogens with one attached hydrogen (secondary N) is 1. The van der Waals surface area contributed by atoms with Gasteiger partial charge in [-0.2, -0.15) is 5.10 Å². The number of likely N-dealkylation sites (tertiary alicyclic amines) is 1. The molecule has 2 atom stereocenters. The van der Waals surface area contributed by atoms with E-state index in [0.29, 0.717) is 18.7 Å². The highest BCUT2D eigenvalue weighted by Crippen LogP contribution is 2.40. The fraction of sp³-hybridized carbons (Fsp3) is 0.500. The summed E-state index contributed by atoms with van der Waals surface area (Å²) in [5.74, 6) is 0.985. The van der Waals surface area contributed by atoms with Gasteiger partial charge in [0.25, 0.3) is 5.91 Å². The highest BCUT2D eigenvalue weighted by molar-refractivity contribution is 5.99. The van der Waals surface area contributed by atoms with Crippen molar-refractivity contribution in [3.05, 3.63) is 47.7 Å². The van der Waals surface area contributed by atoms with Crippen LogP contribution in [0.1, 0.15) is 48.7 Å². The minimum atomic E-state index is -0.182. The molecule has 0 aliphatic carbocycles. The molecule has 1 aromatic heterocycles. The van der Waals surface area contributed by atoms with Crippen molar-refractivity contribution in [1.82, 2.24) is 14.7 Å². The first-order chi connectivity index (χ1) is 12.5. The molecule has 3 heterocycles. The highest BCUT2D eigenvalue weighted by Gasteiger charge is 2.38. The third-order valence-corrected chi connectivity index (χ3v) is 5.62. The molecule has 0 bridgehead atoms. The van der Waals surface area contributed by atoms with E-state index in [0.717, 1.165) is 18.7 Å². The summed E-state index contributed by atoms with van der Waals surface area (Å²) >= 11 is 0. The van der Waals surface area contributed by atoms with Crippen molar-refractivity contribution in [3.63, 3.8) is 0 Å². The SMILES string of the molecule is CC1(C)CC(c2ccccc2)Nc2c(C(=O)N3CCC(CO)C3)cnn21. The fourth-order valence-corrected chi connectivity index (χ4v) is 4.13. The van der Waals surface area contributed by atoms with Crippen LogP contribution in [0.25, 0.3) is 0 Å². The van der Waals surface area contributed by atoms with Crippen LogP contribution in [0.5, 0.6) is 0 Å². The molecule has 2 unspecified atom stereocenters. The van der Waals surface area contributed by atoms with Gasteiger partial charge < -0.3 is 15.3 Å². The second-order valence-corrected chi connectivity index (χ2v) is 8.03. The molecule has 2 aliphatic heterocycles. The van der Waals surface area contributed by atoms with E-state index in [1.54, 1.807) is 6.20 Å². The van der Waals surface area contributed by atoms with Crippen molar-refractivity contribution >= 4 is 11.7 Å². The average Bonchev–Trinajstić information content (AvgIpc) is 3.29. The summed E-state index contributed by atoms with van der Waals surface area (Å²) in [5.41, 5.74) is 1.66. The van der Waals surface area contributed by atoms with Gasteiger partial charge in [-0.05, 0) is 32.3 Å². The summed E-state index contributed by atoms with van der Waals surface area (Å²) in [6, 6.07) is 10.5. The van der Waals surface area contributed by atoms with Crippen LogP contribution in [-0.2, 0) is 5.54 Å². The summed E-state index contributed by atoms with van der Waals surface area (Å²) in [6.45, 7) is 5.77. The molecule has 0 spiro atoms. The molecule has 6 nitrogen and oxygen atoms in total. The van der Waals surface area contributed by atoms with Crippen LogP contribution in [0, 0.1) is 5.92 Å². The Balaban J connectivity index is 1.65. The first-order valence-electron chi connectivity index (χ1n) is 9.30. The Labute approximate surface area is 153 Å². The monoisotopic (exact) mass is 354 g/mol. The summed E-state index contributed by atoms with van der Waals surface area (Å²) in [6.07, 6.45) is 3.44. The summed E-state index contributed by atoms with van der Waals surface area (Å²) in [4.78, 5) is 14.9. The number of benzene rings is 1. The number of carbonyl (C=O) groups excluding carboxylic acids is 1. The smallest absolute Gasteiger partial charge is 0.259 e. The van der Waals surface area contributed by atoms with Crippen molar-refractivity contribution in [1.29, 1.82) is 0 Å². The molecule has 6 heteroatoms. The number of anilines is 1. The van der Waals surface area contributed by atoms with Crippen LogP contribution in [-0.4, -0.2) is 45.4 Å². The summed E-state index contributed by atoms with van der Waals surface area (Å²) < 4.78 is 1.94. The lowest BCUT2D eigenvalue weighted by atomic mass is 9.89. The van der Waals surface area contributed by atoms with E-state index in [-0.39, 0.29) is 30.0 Å². The molecule has 1 aromatic carbocycles. The molecule has 1 saturated heterocycles. The number of aliphatic hydroxyl groups is 1. The molecule has 1 amide bonds. The van der Waals surface area contributed by atoms with Gasteiger partial charge in [0.15, 0.2) is 0 Å². The predicted molar refractivity (Wildman–Crippen MR) is 100 cm³/mol. The van der Waals surface area contributed by atoms with E-state index >= 15 is 0 Å². The van der Waals surface area contributed by atoms with Gasteiger partial charge in [-0.25, -0.2) is 4.68 Å². The second-order valence-electron chi connectivity index (χ2n) is 8.03. The zero-order valence-corrected chi connectivity index (χ0v) is 15.4. The Bertz CT molecular complexity index is 799. The van der Waals surface area contributed by atoms with Gasteiger partial charge in [-0.15, -0.1) is 0 Å². The highest BCUT2D eigenvalue weighted by atomic mass is 16.3. The first-order valence-corrected chi connectivity index (χ1v) is 9.30. The van der Waals surface area contributed by atoms with Crippen molar-refractivity contribution in [3.8, 4) is 0 Å². The van der Waals surface area contributed by atoms with Crippen LogP contribution in [0.15, 0.2) is 36.5 Å². The summed E-state index contributed by atoms with van der Waals surface area (Å²) in [7, 11) is 0. The number of carbonyl (C=O) groups is 1. The van der Waals surface area contributed by atoms with Crippen LogP contribution < -0.4 is 5.32 Å². The lowest BCUT2D eigenvalue weighted by molar-refractivity contribution is 0.0782. The van der Waals surface area contributed by atoms with Gasteiger partial charge in [0, 0.05) is 25.6 Å². The zero-order valence-electron chi connectivity index (χ0n) is 15.4. The third kappa shape index (κ3) is 2.88. The van der Waals surface area contributed by atoms with Gasteiger partial charge >= 0.3 is 0 Å². The molecular formula is C20H26N4O2. The maximum atomic E-state index is 13.0. The number of amides is 1. The Morgan fingerprint density at radius 2 is 2.12 bits per heavy atom. The van der Waals surface area contributed by atoms with E-state index in [9.17, 15) is 9.90 Å². The Kier molecular flexibility index (Phi) is 4.23. The van der Waals surface area contributed by atoms with Gasteiger partial charge in [-0.1, -0.05) is 30.3 Å². The fourth-order valence-electron chi connectivity index (χ4n) is 4.13. The normalized spacial score (nSPS) is 24.2. The number of hydrogen-bond donors (Lipinski definition) is 2. The lowest BCUT2D eigenvalue weighted by Gasteiger charge is -2.38. The average molecular weight is 354 g/mol. The van der Waals surface area contributed by atoms with Gasteiger partial charge in [0.1, 0.15) is 11.4 Å². The number of hydrogen-bond acceptors (Lipinski definition) is 4. The number of aromatic nitrogens is 2. The molecule has 0 saturated carbocycles. The molecule has 138 valence electrons. The van der Waals surface area contributed by atoms with Crippen molar-refractivity contribution in [2.45, 2.75) is 38.3 Å². The number of rotatable bonds is 3. The van der Waals surface area contributed by atoms with Gasteiger partial charge in [0.05, 0.1) is 17.8 Å². The van der Waals surface area contributed by atoms with E-state index in [1.807, 2.05) is 27.8 Å². The van der Waals surface area contributed by atoms with Crippen molar-refractivity contribution < 1.29 is 9.90 Å². The standard InChI is InChI=1S/C20H26N4O2/c1-20(2)10-17(15-6-4-3-5-7-15)22-18-16(11-21-24(18)20)19(26)23-9-8-14(12-23)13-25/h3-7,11,14,17,22,25H,8-10,12-13H2,1-2H3. The molecule has 1 fully saturated rings. The largest absolute Gasteiger partial charge is 0.396 e. The molecule has 2 aromatic rings. The van der Waals surface area contributed by atoms with Gasteiger partial charge in [0.2, 0.25) is 0 Å². The molecule has 2 aliphatic rings. The van der Waals surface area contributed by atoms with Crippen LogP contribution >= 0.6 is 0 Å². The van der Waals surface area contributed by atoms with Gasteiger partial charge in [-0.3, -0.25) is 4.79 Å². The molecule has 26 heavy (non-hydrogen) atoms. The predicted octanol–water partition coefficient (Wildman–Crippen LogP) is 2.63. The van der Waals surface area contributed by atoms with Crippen LogP contribution in [0.3, 0.4) is 0 Å². The van der Waals surface area contributed by atoms with E-state index in [1.165, 1.54) is 5.56 Å². The first kappa shape index (κ1) is 17.1. The molecule has 4 rings (SSSR count). The molecule has 0 radical (unpaired) electrons. The lowest BCUT2D eigenvalue weighted by Crippen LogP contribution is -2.38. The second kappa shape index (κ2) is 6.43. The van der Waals surface area contributed by atoms with Crippen LogP contribution in [0.4, 0.5) is 5.82 Å². The minimum Gasteiger partial charge on any atom is -0.396 e. The molecule has 2 N–H and O–H groups in total. The maximum absolute atomic E-state index is 13.0. The van der Waals surface area contributed by atoms with Crippen LogP contribution in [0.2, 0.25) is 0 Å². The number of fused-ring (bicyclic) bond motifs is 1. The maximum Gasteiger partial charge on any atom is 0.259 e. The topological polar surface area (TPSA) is 70.4 Å².